The lowest BCUT2D eigenvalue weighted by atomic mass is 9.89. The second kappa shape index (κ2) is 5.03. The van der Waals surface area contributed by atoms with E-state index in [0.717, 1.165) is 25.7 Å². The highest BCUT2D eigenvalue weighted by atomic mass is 32.2. The van der Waals surface area contributed by atoms with Gasteiger partial charge in [0.05, 0.1) is 10.1 Å². The van der Waals surface area contributed by atoms with Gasteiger partial charge >= 0.3 is 5.97 Å². The van der Waals surface area contributed by atoms with Crippen molar-refractivity contribution in [3.05, 3.63) is 17.5 Å². The SMILES string of the molecule is O=C(O)C1CCC(Sc2cccs2)CC1. The third-order valence-electron chi connectivity index (χ3n) is 2.80. The van der Waals surface area contributed by atoms with E-state index in [0.29, 0.717) is 5.25 Å². The summed E-state index contributed by atoms with van der Waals surface area (Å²) in [7, 11) is 0. The molecule has 0 spiro atoms. The monoisotopic (exact) mass is 242 g/mol. The lowest BCUT2D eigenvalue weighted by Crippen LogP contribution is -2.22. The summed E-state index contributed by atoms with van der Waals surface area (Å²) in [5, 5.41) is 11.6. The summed E-state index contributed by atoms with van der Waals surface area (Å²) in [4.78, 5) is 10.8. The van der Waals surface area contributed by atoms with Gasteiger partial charge in [-0.05, 0) is 37.1 Å². The number of carboxylic acids is 1. The first kappa shape index (κ1) is 11.0. The Morgan fingerprint density at radius 1 is 1.40 bits per heavy atom. The summed E-state index contributed by atoms with van der Waals surface area (Å²) in [6, 6.07) is 4.20. The minimum absolute atomic E-state index is 0.0924. The number of thioether (sulfide) groups is 1. The summed E-state index contributed by atoms with van der Waals surface area (Å²) < 4.78 is 1.36. The third-order valence-corrected chi connectivity index (χ3v) is 5.21. The Balaban J connectivity index is 1.81. The van der Waals surface area contributed by atoms with Gasteiger partial charge in [-0.15, -0.1) is 23.1 Å². The molecular formula is C11H14O2S2. The summed E-state index contributed by atoms with van der Waals surface area (Å²) in [5.41, 5.74) is 0. The van der Waals surface area contributed by atoms with Crippen LogP contribution in [0.4, 0.5) is 0 Å². The summed E-state index contributed by atoms with van der Waals surface area (Å²) >= 11 is 3.68. The molecule has 1 heterocycles. The van der Waals surface area contributed by atoms with Crippen LogP contribution in [-0.2, 0) is 4.79 Å². The molecule has 0 amide bonds. The maximum atomic E-state index is 10.8. The normalized spacial score (nSPS) is 26.4. The van der Waals surface area contributed by atoms with Crippen molar-refractivity contribution in [2.45, 2.75) is 35.1 Å². The molecule has 4 heteroatoms. The van der Waals surface area contributed by atoms with Gasteiger partial charge in [0, 0.05) is 5.25 Å². The predicted molar refractivity (Wildman–Crippen MR) is 63.6 cm³/mol. The maximum Gasteiger partial charge on any atom is 0.306 e. The number of carboxylic acid groups (broad SMARTS) is 1. The number of aliphatic carboxylic acids is 1. The van der Waals surface area contributed by atoms with Crippen LogP contribution in [0.2, 0.25) is 0 Å². The van der Waals surface area contributed by atoms with Crippen LogP contribution in [0.5, 0.6) is 0 Å². The van der Waals surface area contributed by atoms with Crippen LogP contribution in [0.25, 0.3) is 0 Å². The van der Waals surface area contributed by atoms with E-state index in [4.69, 9.17) is 5.11 Å². The number of carbonyl (C=O) groups is 1. The van der Waals surface area contributed by atoms with Gasteiger partial charge in [0.15, 0.2) is 0 Å². The van der Waals surface area contributed by atoms with Crippen LogP contribution in [0, 0.1) is 5.92 Å². The van der Waals surface area contributed by atoms with Crippen LogP contribution in [0.3, 0.4) is 0 Å². The zero-order chi connectivity index (χ0) is 10.7. The first-order chi connectivity index (χ1) is 7.25. The molecule has 2 rings (SSSR count). The molecule has 2 nitrogen and oxygen atoms in total. The third kappa shape index (κ3) is 2.98. The molecule has 1 N–H and O–H groups in total. The van der Waals surface area contributed by atoms with Gasteiger partial charge in [-0.2, -0.15) is 0 Å². The van der Waals surface area contributed by atoms with E-state index in [2.05, 4.69) is 17.5 Å². The zero-order valence-electron chi connectivity index (χ0n) is 8.39. The first-order valence-electron chi connectivity index (χ1n) is 5.18. The molecule has 0 atom stereocenters. The number of thiophene rings is 1. The second-order valence-electron chi connectivity index (χ2n) is 3.86. The molecule has 1 aliphatic carbocycles. The maximum absolute atomic E-state index is 10.8. The van der Waals surface area contributed by atoms with Crippen molar-refractivity contribution >= 4 is 29.1 Å². The van der Waals surface area contributed by atoms with Crippen LogP contribution in [-0.4, -0.2) is 16.3 Å². The van der Waals surface area contributed by atoms with E-state index in [1.165, 1.54) is 4.21 Å². The van der Waals surface area contributed by atoms with E-state index in [-0.39, 0.29) is 5.92 Å². The molecule has 0 bridgehead atoms. The Bertz CT molecular complexity index is 313. The molecule has 82 valence electrons. The van der Waals surface area contributed by atoms with Gasteiger partial charge in [0.25, 0.3) is 0 Å². The van der Waals surface area contributed by atoms with Gasteiger partial charge in [-0.3, -0.25) is 4.79 Å². The molecule has 0 aliphatic heterocycles. The topological polar surface area (TPSA) is 37.3 Å². The van der Waals surface area contributed by atoms with Crippen molar-refractivity contribution in [1.82, 2.24) is 0 Å². The van der Waals surface area contributed by atoms with Crippen molar-refractivity contribution in [2.75, 3.05) is 0 Å². The van der Waals surface area contributed by atoms with Crippen LogP contribution < -0.4 is 0 Å². The highest BCUT2D eigenvalue weighted by Crippen LogP contribution is 2.37. The van der Waals surface area contributed by atoms with Gasteiger partial charge in [-0.25, -0.2) is 0 Å². The Kier molecular flexibility index (Phi) is 3.70. The van der Waals surface area contributed by atoms with Crippen LogP contribution in [0.1, 0.15) is 25.7 Å². The fraction of sp³-hybridized carbons (Fsp3) is 0.545. The zero-order valence-corrected chi connectivity index (χ0v) is 10.0. The van der Waals surface area contributed by atoms with Crippen molar-refractivity contribution < 1.29 is 9.90 Å². The molecule has 0 unspecified atom stereocenters. The molecule has 0 aromatic carbocycles. The summed E-state index contributed by atoms with van der Waals surface area (Å²) in [5.74, 6) is -0.709. The average Bonchev–Trinajstić information content (AvgIpc) is 2.71. The minimum atomic E-state index is -0.616. The molecular weight excluding hydrogens is 228 g/mol. The lowest BCUT2D eigenvalue weighted by Gasteiger charge is -2.24. The van der Waals surface area contributed by atoms with Crippen LogP contribution >= 0.6 is 23.1 Å². The molecule has 15 heavy (non-hydrogen) atoms. The average molecular weight is 242 g/mol. The molecule has 0 radical (unpaired) electrons. The van der Waals surface area contributed by atoms with E-state index < -0.39 is 5.97 Å². The van der Waals surface area contributed by atoms with Gasteiger partial charge in [0.2, 0.25) is 0 Å². The largest absolute Gasteiger partial charge is 0.481 e. The van der Waals surface area contributed by atoms with E-state index >= 15 is 0 Å². The number of hydrogen-bond acceptors (Lipinski definition) is 3. The van der Waals surface area contributed by atoms with Gasteiger partial charge in [0.1, 0.15) is 0 Å². The minimum Gasteiger partial charge on any atom is -0.481 e. The highest BCUT2D eigenvalue weighted by Gasteiger charge is 2.26. The molecule has 1 aromatic heterocycles. The van der Waals surface area contributed by atoms with Crippen LogP contribution in [0.15, 0.2) is 21.7 Å². The predicted octanol–water partition coefficient (Wildman–Crippen LogP) is 3.48. The first-order valence-corrected chi connectivity index (χ1v) is 6.94. The fourth-order valence-electron chi connectivity index (χ4n) is 1.92. The molecule has 1 aromatic rings. The van der Waals surface area contributed by atoms with Crippen molar-refractivity contribution in [3.8, 4) is 0 Å². The van der Waals surface area contributed by atoms with E-state index in [1.807, 2.05) is 11.8 Å². The van der Waals surface area contributed by atoms with Gasteiger partial charge < -0.3 is 5.11 Å². The number of rotatable bonds is 3. The summed E-state index contributed by atoms with van der Waals surface area (Å²) in [6.45, 7) is 0. The molecule has 1 saturated carbocycles. The van der Waals surface area contributed by atoms with E-state index in [9.17, 15) is 4.79 Å². The summed E-state index contributed by atoms with van der Waals surface area (Å²) in [6.07, 6.45) is 3.77. The van der Waals surface area contributed by atoms with E-state index in [1.54, 1.807) is 11.3 Å². The Hall–Kier alpha value is -0.480. The second-order valence-corrected chi connectivity index (χ2v) is 6.41. The molecule has 0 saturated heterocycles. The number of hydrogen-bond donors (Lipinski definition) is 1. The molecule has 1 aliphatic rings. The lowest BCUT2D eigenvalue weighted by molar-refractivity contribution is -0.142. The molecule has 1 fully saturated rings. The Morgan fingerprint density at radius 2 is 2.13 bits per heavy atom. The standard InChI is InChI=1S/C11H14O2S2/c12-11(13)8-3-5-9(6-4-8)15-10-2-1-7-14-10/h1-2,7-9H,3-6H2,(H,12,13). The Morgan fingerprint density at radius 3 is 2.67 bits per heavy atom. The smallest absolute Gasteiger partial charge is 0.306 e. The highest BCUT2D eigenvalue weighted by molar-refractivity contribution is 8.01. The van der Waals surface area contributed by atoms with Crippen molar-refractivity contribution in [2.24, 2.45) is 5.92 Å². The van der Waals surface area contributed by atoms with Gasteiger partial charge in [-0.1, -0.05) is 6.07 Å². The quantitative estimate of drug-likeness (QED) is 0.881. The Labute approximate surface area is 97.7 Å². The van der Waals surface area contributed by atoms with Crippen molar-refractivity contribution in [3.63, 3.8) is 0 Å². The van der Waals surface area contributed by atoms with Crippen molar-refractivity contribution in [1.29, 1.82) is 0 Å². The fourth-order valence-corrected chi connectivity index (χ4v) is 4.16.